The van der Waals surface area contributed by atoms with E-state index in [1.807, 2.05) is 12.1 Å². The van der Waals surface area contributed by atoms with Crippen LogP contribution in [0.15, 0.2) is 48.5 Å². The van der Waals surface area contributed by atoms with Crippen molar-refractivity contribution in [1.29, 1.82) is 0 Å². The minimum atomic E-state index is -0.681. The number of hydrogen-bond donors (Lipinski definition) is 1. The molecule has 0 fully saturated rings. The number of nitro groups is 1. The van der Waals surface area contributed by atoms with E-state index < -0.39 is 16.8 Å². The lowest BCUT2D eigenvalue weighted by Crippen LogP contribution is -2.16. The molecule has 1 aromatic heterocycles. The highest BCUT2D eigenvalue weighted by molar-refractivity contribution is 7.18. The third-order valence-corrected chi connectivity index (χ3v) is 5.64. The predicted octanol–water partition coefficient (Wildman–Crippen LogP) is 5.07. The number of aryl methyl sites for hydroxylation is 1. The summed E-state index contributed by atoms with van der Waals surface area (Å²) in [4.78, 5) is 37.1. The number of methoxy groups -OCH3 is 1. The highest BCUT2D eigenvalue weighted by Crippen LogP contribution is 2.36. The lowest BCUT2D eigenvalue weighted by Gasteiger charge is -2.08. The second-order valence-electron chi connectivity index (χ2n) is 6.48. The molecule has 8 nitrogen and oxygen atoms in total. The smallest absolute Gasteiger partial charge is 0.350 e. The number of nitrogens with one attached hydrogen (secondary N) is 1. The molecule has 0 saturated heterocycles. The first kappa shape index (κ1) is 22.0. The Labute approximate surface area is 182 Å². The Hall–Kier alpha value is -3.72. The number of amides is 1. The van der Waals surface area contributed by atoms with Gasteiger partial charge in [-0.25, -0.2) is 4.79 Å². The predicted molar refractivity (Wildman–Crippen MR) is 118 cm³/mol. The average Bonchev–Trinajstić information content (AvgIpc) is 3.17. The first-order valence-corrected chi connectivity index (χ1v) is 10.2. The third-order valence-electron chi connectivity index (χ3n) is 4.48. The van der Waals surface area contributed by atoms with Crippen molar-refractivity contribution >= 4 is 34.6 Å². The van der Waals surface area contributed by atoms with Crippen LogP contribution in [0.3, 0.4) is 0 Å². The summed E-state index contributed by atoms with van der Waals surface area (Å²) in [5.41, 5.74) is 1.06. The zero-order valence-corrected chi connectivity index (χ0v) is 17.9. The highest BCUT2D eigenvalue weighted by Gasteiger charge is 2.25. The number of carbonyl (C=O) groups excluding carboxylic acids is 2. The number of nitro benzene ring substituents is 1. The fourth-order valence-electron chi connectivity index (χ4n) is 3.00. The second kappa shape index (κ2) is 9.40. The van der Waals surface area contributed by atoms with Gasteiger partial charge in [0.05, 0.1) is 24.3 Å². The van der Waals surface area contributed by atoms with E-state index in [9.17, 15) is 19.7 Å². The van der Waals surface area contributed by atoms with Crippen LogP contribution in [-0.4, -0.2) is 30.5 Å². The van der Waals surface area contributed by atoms with E-state index in [-0.39, 0.29) is 28.4 Å². The van der Waals surface area contributed by atoms with Crippen molar-refractivity contribution in [3.05, 3.63) is 74.6 Å². The molecule has 9 heteroatoms. The molecule has 1 amide bonds. The topological polar surface area (TPSA) is 108 Å². The monoisotopic (exact) mass is 440 g/mol. The molecule has 0 atom stereocenters. The first-order valence-electron chi connectivity index (χ1n) is 9.36. The van der Waals surface area contributed by atoms with E-state index in [4.69, 9.17) is 9.47 Å². The van der Waals surface area contributed by atoms with Gasteiger partial charge in [-0.05, 0) is 55.8 Å². The van der Waals surface area contributed by atoms with Gasteiger partial charge in [-0.1, -0.05) is 12.1 Å². The summed E-state index contributed by atoms with van der Waals surface area (Å²) in [5.74, 6) is -0.576. The quantitative estimate of drug-likeness (QED) is 0.312. The van der Waals surface area contributed by atoms with Crippen LogP contribution in [0.4, 0.5) is 11.4 Å². The van der Waals surface area contributed by atoms with E-state index in [1.54, 1.807) is 51.3 Å². The van der Waals surface area contributed by atoms with Gasteiger partial charge < -0.3 is 14.8 Å². The maximum atomic E-state index is 12.9. The van der Waals surface area contributed by atoms with Crippen molar-refractivity contribution in [1.82, 2.24) is 0 Å². The minimum absolute atomic E-state index is 0.0861. The third kappa shape index (κ3) is 4.72. The van der Waals surface area contributed by atoms with Gasteiger partial charge >= 0.3 is 5.97 Å². The van der Waals surface area contributed by atoms with Crippen LogP contribution in [0.5, 0.6) is 5.75 Å². The van der Waals surface area contributed by atoms with Crippen molar-refractivity contribution in [2.75, 3.05) is 19.0 Å². The molecule has 31 heavy (non-hydrogen) atoms. The number of carbonyl (C=O) groups is 2. The van der Waals surface area contributed by atoms with Gasteiger partial charge in [0.2, 0.25) is 0 Å². The van der Waals surface area contributed by atoms with E-state index in [1.165, 1.54) is 6.07 Å². The van der Waals surface area contributed by atoms with E-state index in [0.717, 1.165) is 21.8 Å². The molecule has 0 aliphatic carbocycles. The number of hydrogen-bond acceptors (Lipinski definition) is 7. The van der Waals surface area contributed by atoms with E-state index >= 15 is 0 Å². The highest BCUT2D eigenvalue weighted by atomic mass is 32.1. The molecule has 0 saturated carbocycles. The number of esters is 1. The largest absolute Gasteiger partial charge is 0.497 e. The minimum Gasteiger partial charge on any atom is -0.497 e. The maximum Gasteiger partial charge on any atom is 0.350 e. The van der Waals surface area contributed by atoms with Gasteiger partial charge in [-0.3, -0.25) is 14.9 Å². The van der Waals surface area contributed by atoms with Crippen LogP contribution in [0.1, 0.15) is 32.5 Å². The lowest BCUT2D eigenvalue weighted by atomic mass is 10.1. The summed E-state index contributed by atoms with van der Waals surface area (Å²) in [5, 5.41) is 14.1. The standard InChI is InChI=1S/C22H20N2O6S/c1-4-30-22(26)20-17(12-18(31-20)14-8-10-15(29-3)11-9-14)23-21(25)16-7-5-6-13(2)19(16)24(27)28/h5-12H,4H2,1-3H3,(H,23,25). The van der Waals surface area contributed by atoms with Gasteiger partial charge in [0.1, 0.15) is 16.2 Å². The molecule has 1 heterocycles. The van der Waals surface area contributed by atoms with Crippen LogP contribution in [0.25, 0.3) is 10.4 Å². The zero-order valence-electron chi connectivity index (χ0n) is 17.1. The first-order chi connectivity index (χ1) is 14.8. The molecular formula is C22H20N2O6S. The molecule has 2 aromatic carbocycles. The molecule has 0 radical (unpaired) electrons. The molecule has 0 aliphatic rings. The average molecular weight is 440 g/mol. The molecule has 3 rings (SSSR count). The lowest BCUT2D eigenvalue weighted by molar-refractivity contribution is -0.385. The van der Waals surface area contributed by atoms with Crippen molar-refractivity contribution in [3.63, 3.8) is 0 Å². The normalized spacial score (nSPS) is 10.4. The molecule has 3 aromatic rings. The summed E-state index contributed by atoms with van der Waals surface area (Å²) in [6.45, 7) is 3.42. The summed E-state index contributed by atoms with van der Waals surface area (Å²) >= 11 is 1.16. The van der Waals surface area contributed by atoms with Gasteiger partial charge in [-0.15, -0.1) is 11.3 Å². The van der Waals surface area contributed by atoms with E-state index in [0.29, 0.717) is 11.3 Å². The van der Waals surface area contributed by atoms with Gasteiger partial charge in [0.25, 0.3) is 11.6 Å². The zero-order chi connectivity index (χ0) is 22.5. The summed E-state index contributed by atoms with van der Waals surface area (Å²) in [6.07, 6.45) is 0. The SMILES string of the molecule is CCOC(=O)c1sc(-c2ccc(OC)cc2)cc1NC(=O)c1cccc(C)c1[N+](=O)[O-]. The Morgan fingerprint density at radius 2 is 1.87 bits per heavy atom. The second-order valence-corrected chi connectivity index (χ2v) is 7.54. The van der Waals surface area contributed by atoms with Crippen molar-refractivity contribution in [2.24, 2.45) is 0 Å². The number of para-hydroxylation sites is 1. The van der Waals surface area contributed by atoms with Crippen molar-refractivity contribution in [3.8, 4) is 16.2 Å². The Balaban J connectivity index is 2.00. The Morgan fingerprint density at radius 1 is 1.16 bits per heavy atom. The molecule has 0 aliphatic heterocycles. The van der Waals surface area contributed by atoms with Crippen LogP contribution in [-0.2, 0) is 4.74 Å². The van der Waals surface area contributed by atoms with Crippen LogP contribution in [0.2, 0.25) is 0 Å². The van der Waals surface area contributed by atoms with Crippen LogP contribution >= 0.6 is 11.3 Å². The number of benzene rings is 2. The van der Waals surface area contributed by atoms with Gasteiger partial charge in [0, 0.05) is 10.4 Å². The molecule has 0 unspecified atom stereocenters. The van der Waals surface area contributed by atoms with Gasteiger partial charge in [-0.2, -0.15) is 0 Å². The fourth-order valence-corrected chi connectivity index (χ4v) is 4.02. The summed E-state index contributed by atoms with van der Waals surface area (Å²) in [7, 11) is 1.57. The number of rotatable bonds is 7. The Bertz CT molecular complexity index is 1140. The molecular weight excluding hydrogens is 420 g/mol. The summed E-state index contributed by atoms with van der Waals surface area (Å²) < 4.78 is 10.3. The maximum absolute atomic E-state index is 12.9. The Morgan fingerprint density at radius 3 is 2.48 bits per heavy atom. The molecule has 0 spiro atoms. The fraction of sp³-hybridized carbons (Fsp3) is 0.182. The number of anilines is 1. The van der Waals surface area contributed by atoms with Crippen molar-refractivity contribution < 1.29 is 24.0 Å². The molecule has 160 valence electrons. The molecule has 0 bridgehead atoms. The number of ether oxygens (including phenoxy) is 2. The number of nitrogens with zero attached hydrogens (tertiary/aromatic N) is 1. The van der Waals surface area contributed by atoms with Crippen LogP contribution in [0, 0.1) is 17.0 Å². The van der Waals surface area contributed by atoms with Crippen molar-refractivity contribution in [2.45, 2.75) is 13.8 Å². The number of thiophene rings is 1. The summed E-state index contributed by atoms with van der Waals surface area (Å²) in [6, 6.07) is 13.4. The molecule has 1 N–H and O–H groups in total. The Kier molecular flexibility index (Phi) is 6.66. The van der Waals surface area contributed by atoms with Crippen LogP contribution < -0.4 is 10.1 Å². The van der Waals surface area contributed by atoms with Gasteiger partial charge in [0.15, 0.2) is 0 Å². The van der Waals surface area contributed by atoms with E-state index in [2.05, 4.69) is 5.32 Å².